The smallest absolute Gasteiger partial charge is 0.325 e. The third kappa shape index (κ3) is 2.72. The van der Waals surface area contributed by atoms with Gasteiger partial charge in [-0.2, -0.15) is 0 Å². The molecule has 0 aliphatic rings. The van der Waals surface area contributed by atoms with Crippen molar-refractivity contribution < 1.29 is 24.2 Å². The normalized spacial score (nSPS) is 9.94. The van der Waals surface area contributed by atoms with Gasteiger partial charge in [-0.25, -0.2) is 0 Å². The highest BCUT2D eigenvalue weighted by molar-refractivity contribution is 6.11. The van der Waals surface area contributed by atoms with Crippen molar-refractivity contribution in [1.29, 1.82) is 0 Å². The first-order valence-corrected chi connectivity index (χ1v) is 5.17. The molecule has 1 rings (SSSR count). The molecule has 0 spiro atoms. The summed E-state index contributed by atoms with van der Waals surface area (Å²) in [6, 6.07) is 2.42. The highest BCUT2D eigenvalue weighted by Crippen LogP contribution is 2.30. The number of carbonyl (C=O) groups is 3. The van der Waals surface area contributed by atoms with E-state index in [1.54, 1.807) is 0 Å². The number of ether oxygens (including phenoxy) is 1. The molecule has 0 amide bonds. The van der Waals surface area contributed by atoms with E-state index in [0.29, 0.717) is 0 Å². The fraction of sp³-hybridized carbons (Fsp3) is 0.250. The summed E-state index contributed by atoms with van der Waals surface area (Å²) in [5, 5.41) is 9.59. The first kappa shape index (κ1) is 13.9. The number of hydrogen-bond acceptors (Lipinski definition) is 6. The van der Waals surface area contributed by atoms with Crippen LogP contribution in [0.2, 0.25) is 0 Å². The van der Waals surface area contributed by atoms with Gasteiger partial charge in [-0.1, -0.05) is 0 Å². The van der Waals surface area contributed by atoms with Gasteiger partial charge in [0.1, 0.15) is 11.5 Å². The Kier molecular flexibility index (Phi) is 4.17. The number of ketones is 2. The van der Waals surface area contributed by atoms with E-state index in [0.717, 1.165) is 0 Å². The van der Waals surface area contributed by atoms with Crippen molar-refractivity contribution >= 4 is 17.5 Å². The summed E-state index contributed by atoms with van der Waals surface area (Å²) < 4.78 is 4.85. The maximum atomic E-state index is 11.5. The van der Waals surface area contributed by atoms with Crippen molar-refractivity contribution in [2.24, 2.45) is 5.73 Å². The molecular formula is C12H13NO5. The molecule has 0 radical (unpaired) electrons. The SMILES string of the molecule is CC(=O)c1c(O)ccc(OC(=O)CN)c1C(C)=O. The van der Waals surface area contributed by atoms with Crippen LogP contribution >= 0.6 is 0 Å². The zero-order chi connectivity index (χ0) is 13.9. The van der Waals surface area contributed by atoms with Gasteiger partial charge in [0, 0.05) is 0 Å². The van der Waals surface area contributed by atoms with Crippen LogP contribution in [0, 0.1) is 0 Å². The van der Waals surface area contributed by atoms with Crippen LogP contribution in [-0.4, -0.2) is 29.2 Å². The first-order chi connectivity index (χ1) is 8.38. The number of benzene rings is 1. The molecular weight excluding hydrogens is 238 g/mol. The van der Waals surface area contributed by atoms with Crippen LogP contribution in [0.25, 0.3) is 0 Å². The Morgan fingerprint density at radius 2 is 1.72 bits per heavy atom. The Morgan fingerprint density at radius 1 is 1.17 bits per heavy atom. The number of esters is 1. The molecule has 0 aliphatic carbocycles. The van der Waals surface area contributed by atoms with E-state index in [1.807, 2.05) is 0 Å². The van der Waals surface area contributed by atoms with E-state index >= 15 is 0 Å². The van der Waals surface area contributed by atoms with Gasteiger partial charge in [0.25, 0.3) is 0 Å². The predicted molar refractivity (Wildman–Crippen MR) is 62.8 cm³/mol. The summed E-state index contributed by atoms with van der Waals surface area (Å²) in [6.07, 6.45) is 0. The van der Waals surface area contributed by atoms with Crippen LogP contribution in [0.4, 0.5) is 0 Å². The largest absolute Gasteiger partial charge is 0.507 e. The van der Waals surface area contributed by atoms with Crippen LogP contribution in [-0.2, 0) is 4.79 Å². The standard InChI is InChI=1S/C12H13NO5/c1-6(14)11-8(16)3-4-9(12(11)7(2)15)18-10(17)5-13/h3-4,16H,5,13H2,1-2H3. The zero-order valence-electron chi connectivity index (χ0n) is 10.0. The van der Waals surface area contributed by atoms with Gasteiger partial charge in [0.05, 0.1) is 17.7 Å². The van der Waals surface area contributed by atoms with E-state index in [-0.39, 0.29) is 29.2 Å². The predicted octanol–water partition coefficient (Wildman–Crippen LogP) is 0.662. The van der Waals surface area contributed by atoms with Gasteiger partial charge in [0.15, 0.2) is 11.6 Å². The summed E-state index contributed by atoms with van der Waals surface area (Å²) in [5.41, 5.74) is 4.81. The number of rotatable bonds is 4. The first-order valence-electron chi connectivity index (χ1n) is 5.17. The van der Waals surface area contributed by atoms with E-state index < -0.39 is 17.5 Å². The summed E-state index contributed by atoms with van der Waals surface area (Å²) in [6.45, 7) is 2.06. The topological polar surface area (TPSA) is 107 Å². The molecule has 0 aromatic heterocycles. The van der Waals surface area contributed by atoms with Gasteiger partial charge in [-0.15, -0.1) is 0 Å². The lowest BCUT2D eigenvalue weighted by Gasteiger charge is -2.12. The molecule has 18 heavy (non-hydrogen) atoms. The number of phenols is 1. The Morgan fingerprint density at radius 3 is 2.17 bits per heavy atom. The summed E-state index contributed by atoms with van der Waals surface area (Å²) in [4.78, 5) is 34.1. The van der Waals surface area contributed by atoms with Gasteiger partial charge >= 0.3 is 5.97 Å². The van der Waals surface area contributed by atoms with Crippen molar-refractivity contribution in [3.05, 3.63) is 23.3 Å². The molecule has 0 unspecified atom stereocenters. The van der Waals surface area contributed by atoms with Gasteiger partial charge in [0.2, 0.25) is 0 Å². The van der Waals surface area contributed by atoms with Crippen molar-refractivity contribution in [1.82, 2.24) is 0 Å². The van der Waals surface area contributed by atoms with Crippen LogP contribution in [0.5, 0.6) is 11.5 Å². The van der Waals surface area contributed by atoms with E-state index in [4.69, 9.17) is 10.5 Å². The van der Waals surface area contributed by atoms with Crippen molar-refractivity contribution in [3.63, 3.8) is 0 Å². The monoisotopic (exact) mass is 251 g/mol. The van der Waals surface area contributed by atoms with Gasteiger partial charge in [-0.3, -0.25) is 14.4 Å². The molecule has 1 aromatic rings. The number of carbonyl (C=O) groups excluding carboxylic acids is 3. The van der Waals surface area contributed by atoms with Gasteiger partial charge < -0.3 is 15.6 Å². The quantitative estimate of drug-likeness (QED) is 0.462. The molecule has 0 bridgehead atoms. The zero-order valence-corrected chi connectivity index (χ0v) is 10.0. The van der Waals surface area contributed by atoms with Crippen molar-refractivity contribution in [3.8, 4) is 11.5 Å². The lowest BCUT2D eigenvalue weighted by Crippen LogP contribution is -2.21. The molecule has 96 valence electrons. The molecule has 0 aliphatic heterocycles. The lowest BCUT2D eigenvalue weighted by atomic mass is 9.99. The molecule has 0 saturated heterocycles. The fourth-order valence-corrected chi connectivity index (χ4v) is 1.53. The van der Waals surface area contributed by atoms with Crippen molar-refractivity contribution in [2.75, 3.05) is 6.54 Å². The van der Waals surface area contributed by atoms with Crippen LogP contribution in [0.3, 0.4) is 0 Å². The van der Waals surface area contributed by atoms with Gasteiger partial charge in [-0.05, 0) is 26.0 Å². The molecule has 3 N–H and O–H groups in total. The van der Waals surface area contributed by atoms with Crippen LogP contribution in [0.1, 0.15) is 34.6 Å². The molecule has 0 atom stereocenters. The second-order valence-electron chi connectivity index (χ2n) is 3.62. The summed E-state index contributed by atoms with van der Waals surface area (Å²) in [7, 11) is 0. The number of aromatic hydroxyl groups is 1. The second-order valence-corrected chi connectivity index (χ2v) is 3.62. The minimum atomic E-state index is -0.738. The number of phenolic OH excluding ortho intramolecular Hbond substituents is 1. The Labute approximate surface area is 103 Å². The molecule has 6 nitrogen and oxygen atoms in total. The maximum absolute atomic E-state index is 11.5. The van der Waals surface area contributed by atoms with E-state index in [9.17, 15) is 19.5 Å². The average molecular weight is 251 g/mol. The Balaban J connectivity index is 3.44. The highest BCUT2D eigenvalue weighted by Gasteiger charge is 2.22. The Hall–Kier alpha value is -2.21. The number of Topliss-reactive ketones (excluding diaryl/α,β-unsaturated/α-hetero) is 2. The minimum Gasteiger partial charge on any atom is -0.507 e. The third-order valence-corrected chi connectivity index (χ3v) is 2.24. The van der Waals surface area contributed by atoms with Crippen LogP contribution in [0.15, 0.2) is 12.1 Å². The van der Waals surface area contributed by atoms with E-state index in [2.05, 4.69) is 0 Å². The summed E-state index contributed by atoms with van der Waals surface area (Å²) >= 11 is 0. The highest BCUT2D eigenvalue weighted by atomic mass is 16.5. The molecule has 0 fully saturated rings. The third-order valence-electron chi connectivity index (χ3n) is 2.24. The molecule has 0 saturated carbocycles. The minimum absolute atomic E-state index is 0.0825. The van der Waals surface area contributed by atoms with E-state index in [1.165, 1.54) is 26.0 Å². The lowest BCUT2D eigenvalue weighted by molar-refractivity contribution is -0.132. The average Bonchev–Trinajstić information content (AvgIpc) is 2.29. The summed E-state index contributed by atoms with van der Waals surface area (Å²) in [5.74, 6) is -2.14. The number of nitrogens with two attached hydrogens (primary N) is 1. The molecule has 1 aromatic carbocycles. The fourth-order valence-electron chi connectivity index (χ4n) is 1.53. The number of hydrogen-bond donors (Lipinski definition) is 2. The second kappa shape index (κ2) is 5.42. The Bertz CT molecular complexity index is 521. The molecule has 6 heteroatoms. The van der Waals surface area contributed by atoms with Crippen LogP contribution < -0.4 is 10.5 Å². The van der Waals surface area contributed by atoms with Crippen molar-refractivity contribution in [2.45, 2.75) is 13.8 Å². The molecule has 0 heterocycles. The maximum Gasteiger partial charge on any atom is 0.325 e.